The van der Waals surface area contributed by atoms with Gasteiger partial charge in [0, 0.05) is 25.9 Å². The van der Waals surface area contributed by atoms with Gasteiger partial charge in [-0.2, -0.15) is 0 Å². The molecule has 1 aliphatic rings. The number of hydrogen-bond acceptors (Lipinski definition) is 3. The molecule has 0 spiro atoms. The molecular weight excluding hydrogens is 356 g/mol. The predicted octanol–water partition coefficient (Wildman–Crippen LogP) is 2.16. The van der Waals surface area contributed by atoms with Gasteiger partial charge in [0.05, 0.1) is 5.92 Å². The molecule has 0 aromatic heterocycles. The topological polar surface area (TPSA) is 86.7 Å². The van der Waals surface area contributed by atoms with Crippen molar-refractivity contribution in [1.29, 1.82) is 0 Å². The Balaban J connectivity index is 1.59. The largest absolute Gasteiger partial charge is 0.480 e. The second kappa shape index (κ2) is 8.69. The van der Waals surface area contributed by atoms with Crippen molar-refractivity contribution in [2.75, 3.05) is 6.54 Å². The molecule has 3 rings (SSSR count). The van der Waals surface area contributed by atoms with Gasteiger partial charge in [0.15, 0.2) is 0 Å². The Morgan fingerprint density at radius 1 is 1.11 bits per heavy atom. The minimum absolute atomic E-state index is 0.0874. The van der Waals surface area contributed by atoms with Gasteiger partial charge in [-0.1, -0.05) is 60.2 Å². The fourth-order valence-electron chi connectivity index (χ4n) is 3.35. The Morgan fingerprint density at radius 2 is 1.79 bits per heavy atom. The van der Waals surface area contributed by atoms with Gasteiger partial charge in [0.2, 0.25) is 11.8 Å². The summed E-state index contributed by atoms with van der Waals surface area (Å²) in [6, 6.07) is 16.0. The molecule has 2 aromatic carbocycles. The van der Waals surface area contributed by atoms with Crippen LogP contribution in [0.25, 0.3) is 0 Å². The van der Waals surface area contributed by atoms with Gasteiger partial charge in [-0.05, 0) is 18.1 Å². The number of carbonyl (C=O) groups is 3. The zero-order valence-electron chi connectivity index (χ0n) is 15.8. The number of hydrogen-bond donors (Lipinski definition) is 2. The highest BCUT2D eigenvalue weighted by Crippen LogP contribution is 2.21. The van der Waals surface area contributed by atoms with Gasteiger partial charge in [0.1, 0.15) is 6.04 Å². The van der Waals surface area contributed by atoms with Crippen LogP contribution in [0.15, 0.2) is 54.6 Å². The Labute approximate surface area is 164 Å². The fourth-order valence-corrected chi connectivity index (χ4v) is 3.35. The van der Waals surface area contributed by atoms with E-state index in [0.29, 0.717) is 13.1 Å². The monoisotopic (exact) mass is 380 g/mol. The number of carboxylic acid groups (broad SMARTS) is 1. The summed E-state index contributed by atoms with van der Waals surface area (Å²) >= 11 is 0. The van der Waals surface area contributed by atoms with Gasteiger partial charge in [-0.3, -0.25) is 9.59 Å². The summed E-state index contributed by atoms with van der Waals surface area (Å²) in [5.41, 5.74) is 2.98. The number of aryl methyl sites for hydroxylation is 1. The molecule has 1 fully saturated rings. The maximum absolute atomic E-state index is 12.6. The van der Waals surface area contributed by atoms with E-state index in [1.807, 2.05) is 61.5 Å². The lowest BCUT2D eigenvalue weighted by molar-refractivity contribution is -0.142. The van der Waals surface area contributed by atoms with Crippen LogP contribution >= 0.6 is 0 Å². The number of benzene rings is 2. The van der Waals surface area contributed by atoms with E-state index in [4.69, 9.17) is 0 Å². The minimum atomic E-state index is -1.09. The third-order valence-electron chi connectivity index (χ3n) is 4.98. The summed E-state index contributed by atoms with van der Waals surface area (Å²) in [7, 11) is 0. The van der Waals surface area contributed by atoms with Gasteiger partial charge in [-0.15, -0.1) is 0 Å². The molecular formula is C22H24N2O4. The van der Waals surface area contributed by atoms with Crippen LogP contribution in [0.1, 0.15) is 23.1 Å². The van der Waals surface area contributed by atoms with Crippen molar-refractivity contribution in [2.24, 2.45) is 5.92 Å². The van der Waals surface area contributed by atoms with Crippen molar-refractivity contribution in [3.8, 4) is 0 Å². The summed E-state index contributed by atoms with van der Waals surface area (Å²) in [5, 5.41) is 12.1. The van der Waals surface area contributed by atoms with Crippen LogP contribution in [0.5, 0.6) is 0 Å². The van der Waals surface area contributed by atoms with Crippen LogP contribution in [-0.4, -0.2) is 40.4 Å². The Kier molecular flexibility index (Phi) is 6.09. The molecule has 28 heavy (non-hydrogen) atoms. The van der Waals surface area contributed by atoms with E-state index in [1.54, 1.807) is 4.90 Å². The normalized spacial score (nSPS) is 17.4. The third kappa shape index (κ3) is 4.97. The maximum Gasteiger partial charge on any atom is 0.326 e. The van der Waals surface area contributed by atoms with E-state index < -0.39 is 17.9 Å². The molecule has 0 aliphatic carbocycles. The second-order valence-corrected chi connectivity index (χ2v) is 7.25. The maximum atomic E-state index is 12.6. The van der Waals surface area contributed by atoms with Crippen molar-refractivity contribution in [3.63, 3.8) is 0 Å². The number of amides is 2. The summed E-state index contributed by atoms with van der Waals surface area (Å²) in [4.78, 5) is 38.1. The van der Waals surface area contributed by atoms with E-state index in [9.17, 15) is 19.5 Å². The van der Waals surface area contributed by atoms with Crippen molar-refractivity contribution < 1.29 is 19.5 Å². The molecule has 6 nitrogen and oxygen atoms in total. The molecule has 6 heteroatoms. The average molecular weight is 380 g/mol. The number of carboxylic acids is 1. The molecule has 146 valence electrons. The van der Waals surface area contributed by atoms with E-state index in [1.165, 1.54) is 0 Å². The molecule has 2 unspecified atom stereocenters. The summed E-state index contributed by atoms with van der Waals surface area (Å²) in [6.07, 6.45) is 0.311. The standard InChI is InChI=1S/C22H24N2O4/c1-15-7-9-17(10-8-15)13-24-14-18(12-20(24)25)21(26)23-19(22(27)28)11-16-5-3-2-4-6-16/h2-10,18-19H,11-14H2,1H3,(H,23,26)(H,27,28). The SMILES string of the molecule is Cc1ccc(CN2CC(C(=O)NC(Cc3ccccc3)C(=O)O)CC2=O)cc1. The molecule has 0 saturated carbocycles. The highest BCUT2D eigenvalue weighted by Gasteiger charge is 2.35. The van der Waals surface area contributed by atoms with Crippen molar-refractivity contribution in [2.45, 2.75) is 32.4 Å². The molecule has 1 saturated heterocycles. The molecule has 0 bridgehead atoms. The van der Waals surface area contributed by atoms with Gasteiger partial charge < -0.3 is 15.3 Å². The fraction of sp³-hybridized carbons (Fsp3) is 0.318. The number of nitrogens with zero attached hydrogens (tertiary/aromatic N) is 1. The number of likely N-dealkylation sites (tertiary alicyclic amines) is 1. The first-order valence-corrected chi connectivity index (χ1v) is 9.33. The summed E-state index contributed by atoms with van der Waals surface area (Å²) in [6.45, 7) is 2.75. The third-order valence-corrected chi connectivity index (χ3v) is 4.98. The van der Waals surface area contributed by atoms with E-state index in [0.717, 1.165) is 16.7 Å². The smallest absolute Gasteiger partial charge is 0.326 e. The first kappa shape index (κ1) is 19.6. The minimum Gasteiger partial charge on any atom is -0.480 e. The lowest BCUT2D eigenvalue weighted by atomic mass is 10.0. The van der Waals surface area contributed by atoms with E-state index in [2.05, 4.69) is 5.32 Å². The highest BCUT2D eigenvalue weighted by atomic mass is 16.4. The molecule has 2 aromatic rings. The van der Waals surface area contributed by atoms with Crippen LogP contribution in [0.4, 0.5) is 0 Å². The first-order chi connectivity index (χ1) is 13.4. The predicted molar refractivity (Wildman–Crippen MR) is 104 cm³/mol. The van der Waals surface area contributed by atoms with E-state index >= 15 is 0 Å². The summed E-state index contributed by atoms with van der Waals surface area (Å²) < 4.78 is 0. The molecule has 2 N–H and O–H groups in total. The lowest BCUT2D eigenvalue weighted by Gasteiger charge is -2.19. The molecule has 2 amide bonds. The van der Waals surface area contributed by atoms with Crippen LogP contribution in [0, 0.1) is 12.8 Å². The van der Waals surface area contributed by atoms with Gasteiger partial charge in [0.25, 0.3) is 0 Å². The summed E-state index contributed by atoms with van der Waals surface area (Å²) in [5.74, 6) is -2.09. The van der Waals surface area contributed by atoms with E-state index in [-0.39, 0.29) is 24.7 Å². The number of rotatable bonds is 7. The van der Waals surface area contributed by atoms with Crippen molar-refractivity contribution >= 4 is 17.8 Å². The van der Waals surface area contributed by atoms with Gasteiger partial charge >= 0.3 is 5.97 Å². The van der Waals surface area contributed by atoms with Crippen LogP contribution in [0.2, 0.25) is 0 Å². The average Bonchev–Trinajstić information content (AvgIpc) is 3.04. The molecule has 0 radical (unpaired) electrons. The lowest BCUT2D eigenvalue weighted by Crippen LogP contribution is -2.45. The Morgan fingerprint density at radius 3 is 2.43 bits per heavy atom. The molecule has 1 heterocycles. The van der Waals surface area contributed by atoms with Crippen molar-refractivity contribution in [1.82, 2.24) is 10.2 Å². The Bertz CT molecular complexity index is 849. The molecule has 1 aliphatic heterocycles. The number of carbonyl (C=O) groups excluding carboxylic acids is 2. The van der Waals surface area contributed by atoms with Crippen LogP contribution in [-0.2, 0) is 27.3 Å². The van der Waals surface area contributed by atoms with Crippen LogP contribution in [0.3, 0.4) is 0 Å². The van der Waals surface area contributed by atoms with Gasteiger partial charge in [-0.25, -0.2) is 4.79 Å². The highest BCUT2D eigenvalue weighted by molar-refractivity contribution is 5.91. The van der Waals surface area contributed by atoms with Crippen molar-refractivity contribution in [3.05, 3.63) is 71.3 Å². The zero-order valence-corrected chi connectivity index (χ0v) is 15.8. The first-order valence-electron chi connectivity index (χ1n) is 9.33. The quantitative estimate of drug-likeness (QED) is 0.771. The second-order valence-electron chi connectivity index (χ2n) is 7.25. The van der Waals surface area contributed by atoms with Crippen LogP contribution < -0.4 is 5.32 Å². The zero-order chi connectivity index (χ0) is 20.1. The number of aliphatic carboxylic acids is 1. The molecule has 2 atom stereocenters. The Hall–Kier alpha value is -3.15. The number of nitrogens with one attached hydrogen (secondary N) is 1.